The number of amides is 1. The lowest BCUT2D eigenvalue weighted by molar-refractivity contribution is -0.156. The van der Waals surface area contributed by atoms with Crippen molar-refractivity contribution >= 4 is 23.6 Å². The van der Waals surface area contributed by atoms with Gasteiger partial charge in [0, 0.05) is 5.75 Å². The van der Waals surface area contributed by atoms with Crippen LogP contribution in [0.3, 0.4) is 0 Å². The fraction of sp³-hybridized carbons (Fsp3) is 0.500. The number of carbonyl (C=O) groups excluding carboxylic acids is 1. The van der Waals surface area contributed by atoms with Crippen molar-refractivity contribution in [1.82, 2.24) is 4.90 Å². The van der Waals surface area contributed by atoms with Crippen molar-refractivity contribution in [1.29, 1.82) is 0 Å². The normalized spacial score (nSPS) is 32.5. The molecule has 1 amide bonds. The molecule has 1 N–H and O–H groups in total. The predicted molar refractivity (Wildman–Crippen MR) is 48.3 cm³/mol. The van der Waals surface area contributed by atoms with Crippen molar-refractivity contribution in [2.24, 2.45) is 0 Å². The molecule has 0 spiro atoms. The van der Waals surface area contributed by atoms with Gasteiger partial charge in [0.1, 0.15) is 0 Å². The molecule has 0 aromatic rings. The lowest BCUT2D eigenvalue weighted by atomic mass is 10.0. The van der Waals surface area contributed by atoms with E-state index in [0.29, 0.717) is 17.7 Å². The molecule has 13 heavy (non-hydrogen) atoms. The molecule has 0 radical (unpaired) electrons. The predicted octanol–water partition coefficient (Wildman–Crippen LogP) is 0.301. The van der Waals surface area contributed by atoms with E-state index in [1.54, 1.807) is 11.8 Å². The van der Waals surface area contributed by atoms with Crippen LogP contribution in [0.2, 0.25) is 0 Å². The van der Waals surface area contributed by atoms with Crippen LogP contribution in [0.25, 0.3) is 0 Å². The van der Waals surface area contributed by atoms with E-state index in [-0.39, 0.29) is 11.3 Å². The lowest BCUT2D eigenvalue weighted by Gasteiger charge is -2.47. The molecular weight excluding hydrogens is 190 g/mol. The molecule has 2 rings (SSSR count). The van der Waals surface area contributed by atoms with Gasteiger partial charge in [-0.25, -0.2) is 4.79 Å². The van der Waals surface area contributed by atoms with Gasteiger partial charge in [-0.05, 0) is 5.57 Å². The van der Waals surface area contributed by atoms with Crippen LogP contribution in [0.15, 0.2) is 12.2 Å². The Morgan fingerprint density at radius 1 is 1.69 bits per heavy atom. The molecule has 0 bridgehead atoms. The van der Waals surface area contributed by atoms with Crippen LogP contribution >= 0.6 is 11.8 Å². The Morgan fingerprint density at radius 3 is 2.85 bits per heavy atom. The third-order valence-electron chi connectivity index (χ3n) is 2.31. The molecule has 2 aliphatic rings. The first kappa shape index (κ1) is 8.62. The van der Waals surface area contributed by atoms with Crippen molar-refractivity contribution in [2.45, 2.75) is 17.8 Å². The quantitative estimate of drug-likeness (QED) is 0.487. The van der Waals surface area contributed by atoms with Gasteiger partial charge in [-0.3, -0.25) is 4.79 Å². The first-order valence-electron chi connectivity index (χ1n) is 3.94. The van der Waals surface area contributed by atoms with Crippen LogP contribution in [0.5, 0.6) is 0 Å². The van der Waals surface area contributed by atoms with Crippen LogP contribution < -0.4 is 0 Å². The van der Waals surface area contributed by atoms with E-state index in [9.17, 15) is 9.59 Å². The molecule has 70 valence electrons. The van der Waals surface area contributed by atoms with E-state index in [1.807, 2.05) is 0 Å². The Kier molecular flexibility index (Phi) is 1.83. The van der Waals surface area contributed by atoms with Gasteiger partial charge in [0.05, 0.1) is 11.8 Å². The van der Waals surface area contributed by atoms with Gasteiger partial charge in [0.25, 0.3) is 0 Å². The Bertz CT molecular complexity index is 302. The van der Waals surface area contributed by atoms with Crippen molar-refractivity contribution in [3.8, 4) is 0 Å². The van der Waals surface area contributed by atoms with E-state index >= 15 is 0 Å². The number of nitrogens with zero attached hydrogens (tertiary/aromatic N) is 1. The zero-order valence-electron chi connectivity index (χ0n) is 6.90. The second-order valence-corrected chi connectivity index (χ2v) is 4.34. The maximum Gasteiger partial charge on any atom is 0.330 e. The largest absolute Gasteiger partial charge is 0.479 e. The van der Waals surface area contributed by atoms with Gasteiger partial charge in [-0.1, -0.05) is 6.58 Å². The Morgan fingerprint density at radius 2 is 2.38 bits per heavy atom. The average Bonchev–Trinajstić information content (AvgIpc) is 2.05. The standard InChI is InChI=1S/C8H9NO3S/c1-4-3-13-6-2-5(10)9(6)7(4)8(11)12/h6-7H,1-3H2,(H,11,12)/t6-,7?/m0/s1. The van der Waals surface area contributed by atoms with Crippen LogP contribution in [0, 0.1) is 0 Å². The average molecular weight is 199 g/mol. The summed E-state index contributed by atoms with van der Waals surface area (Å²) >= 11 is 1.59. The highest BCUT2D eigenvalue weighted by Crippen LogP contribution is 2.39. The van der Waals surface area contributed by atoms with Crippen molar-refractivity contribution < 1.29 is 14.7 Å². The number of rotatable bonds is 1. The molecule has 0 aliphatic carbocycles. The smallest absolute Gasteiger partial charge is 0.330 e. The van der Waals surface area contributed by atoms with Gasteiger partial charge in [-0.15, -0.1) is 11.8 Å². The molecule has 0 aromatic heterocycles. The zero-order chi connectivity index (χ0) is 9.59. The summed E-state index contributed by atoms with van der Waals surface area (Å²) in [5.74, 6) is -0.403. The number of aliphatic carboxylic acids is 1. The molecule has 0 aromatic carbocycles. The molecule has 2 aliphatic heterocycles. The number of fused-ring (bicyclic) bond motifs is 1. The highest BCUT2D eigenvalue weighted by Gasteiger charge is 2.48. The molecule has 5 heteroatoms. The molecule has 2 atom stereocenters. The number of carbonyl (C=O) groups is 2. The van der Waals surface area contributed by atoms with Gasteiger partial charge >= 0.3 is 5.97 Å². The van der Waals surface area contributed by atoms with Crippen LogP contribution in [-0.4, -0.2) is 39.1 Å². The number of hydrogen-bond acceptors (Lipinski definition) is 3. The lowest BCUT2D eigenvalue weighted by Crippen LogP contribution is -2.61. The number of carboxylic acids is 1. The van der Waals surface area contributed by atoms with Crippen molar-refractivity contribution in [3.63, 3.8) is 0 Å². The minimum Gasteiger partial charge on any atom is -0.479 e. The van der Waals surface area contributed by atoms with E-state index in [0.717, 1.165) is 0 Å². The van der Waals surface area contributed by atoms with Gasteiger partial charge < -0.3 is 10.0 Å². The summed E-state index contributed by atoms with van der Waals surface area (Å²) in [6.45, 7) is 3.67. The van der Waals surface area contributed by atoms with Crippen LogP contribution in [0.4, 0.5) is 0 Å². The zero-order valence-corrected chi connectivity index (χ0v) is 7.71. The molecule has 0 saturated carbocycles. The molecule has 1 unspecified atom stereocenters. The van der Waals surface area contributed by atoms with E-state index in [2.05, 4.69) is 6.58 Å². The second kappa shape index (κ2) is 2.77. The summed E-state index contributed by atoms with van der Waals surface area (Å²) in [5.41, 5.74) is 0.613. The summed E-state index contributed by atoms with van der Waals surface area (Å²) < 4.78 is 0. The molecule has 2 heterocycles. The minimum absolute atomic E-state index is 0.0686. The molecular formula is C8H9NO3S. The first-order chi connectivity index (χ1) is 6.11. The van der Waals surface area contributed by atoms with Gasteiger partial charge in [-0.2, -0.15) is 0 Å². The number of β-lactam (4-membered cyclic amide) rings is 1. The minimum atomic E-state index is -0.969. The van der Waals surface area contributed by atoms with Crippen LogP contribution in [-0.2, 0) is 9.59 Å². The Balaban J connectivity index is 2.24. The second-order valence-electron chi connectivity index (χ2n) is 3.17. The number of thioether (sulfide) groups is 1. The van der Waals surface area contributed by atoms with Gasteiger partial charge in [0.15, 0.2) is 6.04 Å². The topological polar surface area (TPSA) is 57.6 Å². The van der Waals surface area contributed by atoms with Crippen molar-refractivity contribution in [3.05, 3.63) is 12.2 Å². The third-order valence-corrected chi connectivity index (χ3v) is 3.62. The number of hydrogen-bond donors (Lipinski definition) is 1. The number of carboxylic acid groups (broad SMARTS) is 1. The molecule has 4 nitrogen and oxygen atoms in total. The summed E-state index contributed by atoms with van der Waals surface area (Å²) in [6, 6.07) is -0.785. The maximum absolute atomic E-state index is 11.1. The first-order valence-corrected chi connectivity index (χ1v) is 4.99. The van der Waals surface area contributed by atoms with E-state index in [1.165, 1.54) is 4.90 Å². The highest BCUT2D eigenvalue weighted by molar-refractivity contribution is 8.00. The monoisotopic (exact) mass is 199 g/mol. The maximum atomic E-state index is 11.1. The summed E-state index contributed by atoms with van der Waals surface area (Å²) in [6.07, 6.45) is 0.474. The van der Waals surface area contributed by atoms with E-state index < -0.39 is 12.0 Å². The Labute approximate surface area is 79.6 Å². The van der Waals surface area contributed by atoms with Crippen molar-refractivity contribution in [2.75, 3.05) is 5.75 Å². The molecule has 2 fully saturated rings. The SMILES string of the molecule is C=C1CS[C@H]2CC(=O)N2C1C(=O)O. The Hall–Kier alpha value is -0.970. The van der Waals surface area contributed by atoms with E-state index in [4.69, 9.17) is 5.11 Å². The fourth-order valence-electron chi connectivity index (χ4n) is 1.62. The summed E-state index contributed by atoms with van der Waals surface area (Å²) in [7, 11) is 0. The fourth-order valence-corrected chi connectivity index (χ4v) is 2.85. The van der Waals surface area contributed by atoms with Crippen LogP contribution in [0.1, 0.15) is 6.42 Å². The van der Waals surface area contributed by atoms with Gasteiger partial charge in [0.2, 0.25) is 5.91 Å². The third kappa shape index (κ3) is 1.14. The molecule has 2 saturated heterocycles. The summed E-state index contributed by atoms with van der Waals surface area (Å²) in [4.78, 5) is 23.4. The highest BCUT2D eigenvalue weighted by atomic mass is 32.2. The summed E-state index contributed by atoms with van der Waals surface area (Å²) in [5, 5.41) is 8.95.